The molecule has 1 saturated heterocycles. The highest BCUT2D eigenvalue weighted by atomic mass is 16.1. The number of rotatable bonds is 7. The number of fused-ring (bicyclic) bond motifs is 1. The Hall–Kier alpha value is -4.22. The van der Waals surface area contributed by atoms with Gasteiger partial charge in [0, 0.05) is 29.9 Å². The lowest BCUT2D eigenvalue weighted by atomic mass is 10.0. The molecule has 0 bridgehead atoms. The van der Waals surface area contributed by atoms with Gasteiger partial charge in [0.25, 0.3) is 5.56 Å². The predicted molar refractivity (Wildman–Crippen MR) is 152 cm³/mol. The fourth-order valence-electron chi connectivity index (χ4n) is 5.07. The Labute approximate surface area is 216 Å². The summed E-state index contributed by atoms with van der Waals surface area (Å²) in [4.78, 5) is 15.4. The van der Waals surface area contributed by atoms with Gasteiger partial charge in [0.2, 0.25) is 0 Å². The molecular weight excluding hydrogens is 456 g/mol. The minimum Gasteiger partial charge on any atom is -0.301 e. The Morgan fingerprint density at radius 3 is 2.30 bits per heavy atom. The van der Waals surface area contributed by atoms with Gasteiger partial charge in [0.15, 0.2) is 0 Å². The molecule has 3 heterocycles. The van der Waals surface area contributed by atoms with Crippen LogP contribution in [0, 0.1) is 0 Å². The Bertz CT molecular complexity index is 1590. The minimum atomic E-state index is -0.0534. The maximum absolute atomic E-state index is 12.9. The van der Waals surface area contributed by atoms with E-state index < -0.39 is 0 Å². The van der Waals surface area contributed by atoms with Crippen LogP contribution in [0.2, 0.25) is 0 Å². The van der Waals surface area contributed by atoms with Gasteiger partial charge >= 0.3 is 0 Å². The summed E-state index contributed by atoms with van der Waals surface area (Å²) in [6.45, 7) is 4.30. The summed E-state index contributed by atoms with van der Waals surface area (Å²) >= 11 is 0. The van der Waals surface area contributed by atoms with Gasteiger partial charge in [-0.2, -0.15) is 5.10 Å². The van der Waals surface area contributed by atoms with Crippen molar-refractivity contribution in [3.05, 3.63) is 119 Å². The van der Waals surface area contributed by atoms with E-state index in [1.807, 2.05) is 60.9 Å². The fourth-order valence-corrected chi connectivity index (χ4v) is 5.07. The predicted octanol–water partition coefficient (Wildman–Crippen LogP) is 6.12. The van der Waals surface area contributed by atoms with Crippen molar-refractivity contribution < 1.29 is 0 Å². The first-order valence-corrected chi connectivity index (χ1v) is 13.0. The number of hydrogen-bond donors (Lipinski definition) is 0. The summed E-state index contributed by atoms with van der Waals surface area (Å²) < 4.78 is 3.76. The molecule has 0 spiro atoms. The second-order valence-corrected chi connectivity index (χ2v) is 9.65. The van der Waals surface area contributed by atoms with Gasteiger partial charge in [-0.25, -0.2) is 0 Å². The van der Waals surface area contributed by atoms with Crippen LogP contribution in [0.3, 0.4) is 0 Å². The van der Waals surface area contributed by atoms with Gasteiger partial charge in [-0.05, 0) is 72.5 Å². The van der Waals surface area contributed by atoms with Gasteiger partial charge in [0.1, 0.15) is 0 Å². The number of aromatic nitrogens is 3. The second kappa shape index (κ2) is 10.4. The van der Waals surface area contributed by atoms with Crippen molar-refractivity contribution in [1.82, 2.24) is 19.2 Å². The monoisotopic (exact) mass is 486 g/mol. The van der Waals surface area contributed by atoms with Gasteiger partial charge in [-0.3, -0.25) is 14.0 Å². The van der Waals surface area contributed by atoms with Crippen LogP contribution in [0.15, 0.2) is 102 Å². The number of likely N-dealkylation sites (tertiary alicyclic amines) is 1. The van der Waals surface area contributed by atoms with Crippen molar-refractivity contribution in [2.75, 3.05) is 19.6 Å². The molecule has 1 aliphatic rings. The molecule has 3 aromatic carbocycles. The van der Waals surface area contributed by atoms with Gasteiger partial charge in [-0.1, -0.05) is 66.7 Å². The number of hydrogen-bond acceptors (Lipinski definition) is 3. The van der Waals surface area contributed by atoms with Crippen LogP contribution in [0.4, 0.5) is 0 Å². The summed E-state index contributed by atoms with van der Waals surface area (Å²) in [6.07, 6.45) is 10.4. The summed E-state index contributed by atoms with van der Waals surface area (Å²) in [5, 5.41) is 5.65. The van der Waals surface area contributed by atoms with E-state index in [9.17, 15) is 4.79 Å². The summed E-state index contributed by atoms with van der Waals surface area (Å²) in [5.41, 5.74) is 6.27. The van der Waals surface area contributed by atoms with E-state index in [0.717, 1.165) is 40.8 Å². The number of nitrogens with zero attached hydrogens (tertiary/aromatic N) is 4. The third-order valence-electron chi connectivity index (χ3n) is 7.16. The molecule has 0 saturated carbocycles. The molecule has 0 amide bonds. The molecule has 5 nitrogen and oxygen atoms in total. The van der Waals surface area contributed by atoms with Gasteiger partial charge in [0.05, 0.1) is 18.3 Å². The topological polar surface area (TPSA) is 43.1 Å². The molecule has 1 aliphatic heterocycles. The molecule has 184 valence electrons. The zero-order valence-electron chi connectivity index (χ0n) is 20.8. The van der Waals surface area contributed by atoms with Crippen molar-refractivity contribution in [3.8, 4) is 16.8 Å². The molecular formula is C32H30N4O. The highest BCUT2D eigenvalue weighted by Gasteiger charge is 2.12. The Morgan fingerprint density at radius 2 is 1.51 bits per heavy atom. The zero-order valence-corrected chi connectivity index (χ0v) is 20.8. The smallest absolute Gasteiger partial charge is 0.255 e. The molecule has 6 rings (SSSR count). The van der Waals surface area contributed by atoms with Crippen molar-refractivity contribution in [1.29, 1.82) is 0 Å². The molecule has 0 N–H and O–H groups in total. The molecule has 37 heavy (non-hydrogen) atoms. The molecule has 2 aromatic heterocycles. The standard InChI is InChI=1S/C32H30N4O/c37-32-22-26(9-8-25-10-12-28(13-11-25)27-6-2-1-3-7-27)16-19-35(32)30-14-15-31-29(23-30)24-33-36(31)21-20-34-17-4-5-18-34/h1-3,6-16,19,22-24H,4-5,17-18,20-21H2. The van der Waals surface area contributed by atoms with E-state index in [0.29, 0.717) is 0 Å². The molecule has 0 unspecified atom stereocenters. The van der Waals surface area contributed by atoms with Crippen LogP contribution in [0.5, 0.6) is 0 Å². The highest BCUT2D eigenvalue weighted by Crippen LogP contribution is 2.21. The average Bonchev–Trinajstić information content (AvgIpc) is 3.61. The Kier molecular flexibility index (Phi) is 6.53. The van der Waals surface area contributed by atoms with E-state index in [-0.39, 0.29) is 5.56 Å². The van der Waals surface area contributed by atoms with Gasteiger partial charge in [-0.15, -0.1) is 0 Å². The van der Waals surface area contributed by atoms with Crippen molar-refractivity contribution in [2.45, 2.75) is 19.4 Å². The molecule has 5 aromatic rings. The van der Waals surface area contributed by atoms with Crippen LogP contribution >= 0.6 is 0 Å². The number of benzene rings is 3. The Balaban J connectivity index is 1.16. The van der Waals surface area contributed by atoms with E-state index in [1.54, 1.807) is 10.6 Å². The van der Waals surface area contributed by atoms with Crippen LogP contribution in [-0.4, -0.2) is 38.9 Å². The third-order valence-corrected chi connectivity index (χ3v) is 7.16. The quantitative estimate of drug-likeness (QED) is 0.278. The largest absolute Gasteiger partial charge is 0.301 e. The van der Waals surface area contributed by atoms with E-state index in [4.69, 9.17) is 0 Å². The second-order valence-electron chi connectivity index (χ2n) is 9.65. The lowest BCUT2D eigenvalue weighted by molar-refractivity contribution is 0.318. The van der Waals surface area contributed by atoms with E-state index in [2.05, 4.69) is 57.1 Å². The van der Waals surface area contributed by atoms with Crippen molar-refractivity contribution >= 4 is 23.1 Å². The summed E-state index contributed by atoms with van der Waals surface area (Å²) in [5.74, 6) is 0. The SMILES string of the molecule is O=c1cc(C=Cc2ccc(-c3ccccc3)cc2)ccn1-c1ccc2c(cnn2CCN2CCCC2)c1. The van der Waals surface area contributed by atoms with Crippen molar-refractivity contribution in [2.24, 2.45) is 0 Å². The first-order valence-electron chi connectivity index (χ1n) is 13.0. The molecule has 0 atom stereocenters. The van der Waals surface area contributed by atoms with Crippen LogP contribution in [-0.2, 0) is 6.54 Å². The maximum atomic E-state index is 12.9. The third kappa shape index (κ3) is 5.18. The lowest BCUT2D eigenvalue weighted by Crippen LogP contribution is -2.24. The summed E-state index contributed by atoms with van der Waals surface area (Å²) in [6, 6.07) is 28.5. The van der Waals surface area contributed by atoms with Crippen LogP contribution < -0.4 is 5.56 Å². The summed E-state index contributed by atoms with van der Waals surface area (Å²) in [7, 11) is 0. The van der Waals surface area contributed by atoms with Crippen LogP contribution in [0.1, 0.15) is 24.0 Å². The normalized spacial score (nSPS) is 14.2. The first kappa shape index (κ1) is 23.2. The molecule has 0 radical (unpaired) electrons. The van der Waals surface area contributed by atoms with Gasteiger partial charge < -0.3 is 4.90 Å². The van der Waals surface area contributed by atoms with E-state index >= 15 is 0 Å². The maximum Gasteiger partial charge on any atom is 0.255 e. The lowest BCUT2D eigenvalue weighted by Gasteiger charge is -2.14. The minimum absolute atomic E-state index is 0.0534. The molecule has 0 aliphatic carbocycles. The first-order chi connectivity index (χ1) is 18.2. The van der Waals surface area contributed by atoms with Crippen molar-refractivity contribution in [3.63, 3.8) is 0 Å². The Morgan fingerprint density at radius 1 is 0.757 bits per heavy atom. The van der Waals surface area contributed by atoms with Crippen LogP contribution in [0.25, 0.3) is 39.9 Å². The molecule has 1 fully saturated rings. The van der Waals surface area contributed by atoms with E-state index in [1.165, 1.54) is 37.1 Å². The molecule has 5 heteroatoms. The number of pyridine rings is 1. The fraction of sp³-hybridized carbons (Fsp3) is 0.188. The highest BCUT2D eigenvalue weighted by molar-refractivity contribution is 5.81. The average molecular weight is 487 g/mol. The zero-order chi connectivity index (χ0) is 25.0.